The number of aromatic nitrogens is 2. The zero-order valence-electron chi connectivity index (χ0n) is 11.0. The number of nitrogens with one attached hydrogen (secondary N) is 1. The third kappa shape index (κ3) is 2.91. The lowest BCUT2D eigenvalue weighted by Gasteiger charge is -2.25. The molecular weight excluding hydrogens is 274 g/mol. The Morgan fingerprint density at radius 1 is 1.45 bits per heavy atom. The Kier molecular flexibility index (Phi) is 3.84. The highest BCUT2D eigenvalue weighted by molar-refractivity contribution is 7.15. The molecule has 0 aromatic carbocycles. The van der Waals surface area contributed by atoms with Gasteiger partial charge in [-0.25, -0.2) is 4.98 Å². The van der Waals surface area contributed by atoms with E-state index in [1.165, 1.54) is 0 Å². The summed E-state index contributed by atoms with van der Waals surface area (Å²) >= 11 is 1.56. The predicted molar refractivity (Wildman–Crippen MR) is 78.5 cm³/mol. The molecule has 20 heavy (non-hydrogen) atoms. The summed E-state index contributed by atoms with van der Waals surface area (Å²) in [6.45, 7) is 0. The number of nitrogens with zero attached hydrogens (tertiary/aromatic N) is 2. The van der Waals surface area contributed by atoms with E-state index in [9.17, 15) is 9.90 Å². The molecule has 1 aliphatic carbocycles. The standard InChI is InChI=1S/C14H17N3O2S/c18-12-4-1-10(2-5-12)16-13(19)6-3-11-9-15-14-17(11)7-8-20-14/h3,6-10,12,18H,1-2,4-5H2,(H,16,19)/b6-3+. The first-order chi connectivity index (χ1) is 9.72. The van der Waals surface area contributed by atoms with Crippen LogP contribution in [0.25, 0.3) is 11.0 Å². The maximum absolute atomic E-state index is 11.9. The van der Waals surface area contributed by atoms with Crippen LogP contribution >= 0.6 is 11.3 Å². The van der Waals surface area contributed by atoms with E-state index < -0.39 is 0 Å². The van der Waals surface area contributed by atoms with Gasteiger partial charge in [-0.15, -0.1) is 11.3 Å². The first-order valence-electron chi connectivity index (χ1n) is 6.79. The number of thiazole rings is 1. The fourth-order valence-corrected chi connectivity index (χ4v) is 3.20. The van der Waals surface area contributed by atoms with E-state index >= 15 is 0 Å². The van der Waals surface area contributed by atoms with Gasteiger partial charge >= 0.3 is 0 Å². The summed E-state index contributed by atoms with van der Waals surface area (Å²) < 4.78 is 1.95. The van der Waals surface area contributed by atoms with Crippen LogP contribution in [0.3, 0.4) is 0 Å². The number of carbonyl (C=O) groups excluding carboxylic acids is 1. The van der Waals surface area contributed by atoms with Gasteiger partial charge in [0.25, 0.3) is 0 Å². The van der Waals surface area contributed by atoms with Crippen molar-refractivity contribution in [3.63, 3.8) is 0 Å². The zero-order valence-corrected chi connectivity index (χ0v) is 11.8. The number of hydrogen-bond donors (Lipinski definition) is 2. The summed E-state index contributed by atoms with van der Waals surface area (Å²) in [5, 5.41) is 14.4. The van der Waals surface area contributed by atoms with Gasteiger partial charge in [0.05, 0.1) is 18.0 Å². The maximum atomic E-state index is 11.9. The first-order valence-corrected chi connectivity index (χ1v) is 7.67. The Balaban J connectivity index is 1.58. The summed E-state index contributed by atoms with van der Waals surface area (Å²) in [6.07, 6.45) is 10.1. The largest absolute Gasteiger partial charge is 0.393 e. The summed E-state index contributed by atoms with van der Waals surface area (Å²) in [4.78, 5) is 17.0. The SMILES string of the molecule is O=C(/C=C/c1cnc2sccn12)NC1CCC(O)CC1. The Labute approximate surface area is 121 Å². The molecule has 1 fully saturated rings. The number of aliphatic hydroxyl groups excluding tert-OH is 1. The fourth-order valence-electron chi connectivity index (χ4n) is 2.50. The summed E-state index contributed by atoms with van der Waals surface area (Å²) in [6, 6.07) is 0.183. The molecule has 2 aromatic heterocycles. The van der Waals surface area contributed by atoms with Crippen LogP contribution < -0.4 is 5.32 Å². The van der Waals surface area contributed by atoms with Crippen LogP contribution in [0, 0.1) is 0 Å². The quantitative estimate of drug-likeness (QED) is 0.848. The Hall–Kier alpha value is -1.66. The van der Waals surface area contributed by atoms with Gasteiger partial charge in [-0.2, -0.15) is 0 Å². The fraction of sp³-hybridized carbons (Fsp3) is 0.429. The lowest BCUT2D eigenvalue weighted by atomic mass is 9.93. The van der Waals surface area contributed by atoms with Crippen molar-refractivity contribution < 1.29 is 9.90 Å². The van der Waals surface area contributed by atoms with Crippen molar-refractivity contribution >= 4 is 28.3 Å². The molecule has 0 unspecified atom stereocenters. The van der Waals surface area contributed by atoms with E-state index in [2.05, 4.69) is 10.3 Å². The van der Waals surface area contributed by atoms with Crippen LogP contribution in [0.5, 0.6) is 0 Å². The number of carbonyl (C=O) groups is 1. The van der Waals surface area contributed by atoms with Crippen molar-refractivity contribution in [2.24, 2.45) is 0 Å². The first kappa shape index (κ1) is 13.3. The predicted octanol–water partition coefficient (Wildman–Crippen LogP) is 1.83. The van der Waals surface area contributed by atoms with Crippen molar-refractivity contribution in [2.45, 2.75) is 37.8 Å². The number of rotatable bonds is 3. The summed E-state index contributed by atoms with van der Waals surface area (Å²) in [7, 11) is 0. The molecule has 2 heterocycles. The average molecular weight is 291 g/mol. The average Bonchev–Trinajstić information content (AvgIpc) is 3.02. The van der Waals surface area contributed by atoms with Crippen LogP contribution in [0.2, 0.25) is 0 Å². The minimum absolute atomic E-state index is 0.0865. The molecule has 2 N–H and O–H groups in total. The molecule has 0 aliphatic heterocycles. The highest BCUT2D eigenvalue weighted by Crippen LogP contribution is 2.18. The lowest BCUT2D eigenvalue weighted by molar-refractivity contribution is -0.117. The lowest BCUT2D eigenvalue weighted by Crippen LogP contribution is -2.37. The molecule has 0 spiro atoms. The minimum atomic E-state index is -0.197. The van der Waals surface area contributed by atoms with E-state index in [0.717, 1.165) is 36.3 Å². The monoisotopic (exact) mass is 291 g/mol. The van der Waals surface area contributed by atoms with E-state index in [0.29, 0.717) is 0 Å². The molecule has 1 amide bonds. The van der Waals surface area contributed by atoms with Crippen molar-refractivity contribution in [3.8, 4) is 0 Å². The molecular formula is C14H17N3O2S. The molecule has 3 rings (SSSR count). The van der Waals surface area contributed by atoms with Gasteiger partial charge in [-0.3, -0.25) is 9.20 Å². The molecule has 5 nitrogen and oxygen atoms in total. The number of hydrogen-bond acceptors (Lipinski definition) is 4. The van der Waals surface area contributed by atoms with Crippen molar-refractivity contribution in [2.75, 3.05) is 0 Å². The molecule has 6 heteroatoms. The van der Waals surface area contributed by atoms with Gasteiger partial charge in [0.2, 0.25) is 5.91 Å². The van der Waals surface area contributed by atoms with Crippen LogP contribution in [-0.4, -0.2) is 32.5 Å². The normalized spacial score (nSPS) is 23.4. The van der Waals surface area contributed by atoms with Crippen molar-refractivity contribution in [1.82, 2.24) is 14.7 Å². The van der Waals surface area contributed by atoms with E-state index in [4.69, 9.17) is 0 Å². The Morgan fingerprint density at radius 3 is 3.05 bits per heavy atom. The van der Waals surface area contributed by atoms with Crippen LogP contribution in [-0.2, 0) is 4.79 Å². The second-order valence-corrected chi connectivity index (χ2v) is 5.96. The number of amides is 1. The number of imidazole rings is 1. The molecule has 0 saturated heterocycles. The number of fused-ring (bicyclic) bond motifs is 1. The van der Waals surface area contributed by atoms with Crippen molar-refractivity contribution in [3.05, 3.63) is 29.5 Å². The van der Waals surface area contributed by atoms with E-state index in [-0.39, 0.29) is 18.1 Å². The van der Waals surface area contributed by atoms with Gasteiger partial charge < -0.3 is 10.4 Å². The van der Waals surface area contributed by atoms with Gasteiger partial charge in [0, 0.05) is 23.7 Å². The van der Waals surface area contributed by atoms with Gasteiger partial charge in [-0.1, -0.05) is 0 Å². The Bertz CT molecular complexity index is 623. The summed E-state index contributed by atoms with van der Waals surface area (Å²) in [5.74, 6) is -0.0865. The van der Waals surface area contributed by atoms with Crippen LogP contribution in [0.15, 0.2) is 23.8 Å². The van der Waals surface area contributed by atoms with Crippen LogP contribution in [0.1, 0.15) is 31.4 Å². The molecule has 0 radical (unpaired) electrons. The highest BCUT2D eigenvalue weighted by atomic mass is 32.1. The van der Waals surface area contributed by atoms with Gasteiger partial charge in [0.15, 0.2) is 4.96 Å². The second-order valence-electron chi connectivity index (χ2n) is 5.09. The topological polar surface area (TPSA) is 66.6 Å². The maximum Gasteiger partial charge on any atom is 0.244 e. The minimum Gasteiger partial charge on any atom is -0.393 e. The van der Waals surface area contributed by atoms with Gasteiger partial charge in [0.1, 0.15) is 0 Å². The molecule has 1 saturated carbocycles. The third-order valence-electron chi connectivity index (χ3n) is 3.62. The third-order valence-corrected chi connectivity index (χ3v) is 4.39. The smallest absolute Gasteiger partial charge is 0.244 e. The zero-order chi connectivity index (χ0) is 13.9. The molecule has 0 atom stereocenters. The van der Waals surface area contributed by atoms with Crippen molar-refractivity contribution in [1.29, 1.82) is 0 Å². The van der Waals surface area contributed by atoms with Crippen LogP contribution in [0.4, 0.5) is 0 Å². The molecule has 1 aliphatic rings. The van der Waals surface area contributed by atoms with Gasteiger partial charge in [-0.05, 0) is 31.8 Å². The van der Waals surface area contributed by atoms with E-state index in [1.54, 1.807) is 29.7 Å². The number of aliphatic hydroxyl groups is 1. The molecule has 0 bridgehead atoms. The molecule has 2 aromatic rings. The molecule has 106 valence electrons. The highest BCUT2D eigenvalue weighted by Gasteiger charge is 2.19. The summed E-state index contributed by atoms with van der Waals surface area (Å²) in [5.41, 5.74) is 0.899. The van der Waals surface area contributed by atoms with E-state index in [1.807, 2.05) is 16.0 Å². The Morgan fingerprint density at radius 2 is 2.25 bits per heavy atom. The second kappa shape index (κ2) is 5.76.